The highest BCUT2D eigenvalue weighted by atomic mass is 35.5. The van der Waals surface area contributed by atoms with Gasteiger partial charge >= 0.3 is 5.97 Å². The molecule has 0 amide bonds. The van der Waals surface area contributed by atoms with Crippen LogP contribution in [0, 0.1) is 6.92 Å². The molecule has 0 saturated carbocycles. The fourth-order valence-electron chi connectivity index (χ4n) is 1.72. The second-order valence-corrected chi connectivity index (χ2v) is 7.30. The van der Waals surface area contributed by atoms with Gasteiger partial charge in [0.15, 0.2) is 0 Å². The van der Waals surface area contributed by atoms with Crippen molar-refractivity contribution in [2.75, 3.05) is 0 Å². The number of hydrogen-bond donors (Lipinski definition) is 2. The molecule has 0 aliphatic heterocycles. The minimum Gasteiger partial charge on any atom is -0.481 e. The summed E-state index contributed by atoms with van der Waals surface area (Å²) in [5.41, 5.74) is -0.206. The quantitative estimate of drug-likeness (QED) is 0.844. The fourth-order valence-corrected chi connectivity index (χ4v) is 3.74. The molecule has 1 aromatic rings. The zero-order chi connectivity index (χ0) is 15.6. The van der Waals surface area contributed by atoms with E-state index in [-0.39, 0.29) is 22.8 Å². The number of hydrogen-bond acceptors (Lipinski definition) is 3. The summed E-state index contributed by atoms with van der Waals surface area (Å²) in [6.07, 6.45) is 0.0715. The number of rotatable bonds is 6. The van der Waals surface area contributed by atoms with Gasteiger partial charge in [-0.2, -0.15) is 0 Å². The zero-order valence-electron chi connectivity index (χ0n) is 11.6. The molecule has 1 aromatic carbocycles. The molecule has 1 rings (SSSR count). The van der Waals surface area contributed by atoms with Crippen LogP contribution in [-0.2, 0) is 14.8 Å². The maximum absolute atomic E-state index is 12.3. The summed E-state index contributed by atoms with van der Waals surface area (Å²) in [6, 6.07) is 4.75. The van der Waals surface area contributed by atoms with Crippen LogP contribution < -0.4 is 4.72 Å². The number of benzene rings is 1. The molecule has 0 unspecified atom stereocenters. The molecule has 112 valence electrons. The highest BCUT2D eigenvalue weighted by Crippen LogP contribution is 2.26. The van der Waals surface area contributed by atoms with Gasteiger partial charge in [-0.3, -0.25) is 4.79 Å². The third kappa shape index (κ3) is 4.47. The van der Waals surface area contributed by atoms with E-state index < -0.39 is 21.5 Å². The van der Waals surface area contributed by atoms with Crippen molar-refractivity contribution >= 4 is 27.6 Å². The second kappa shape index (κ2) is 6.11. The van der Waals surface area contributed by atoms with E-state index in [2.05, 4.69) is 4.72 Å². The van der Waals surface area contributed by atoms with Crippen LogP contribution in [0.3, 0.4) is 0 Å². The lowest BCUT2D eigenvalue weighted by Crippen LogP contribution is -2.43. The topological polar surface area (TPSA) is 83.5 Å². The molecule has 0 aliphatic carbocycles. The molecule has 5 nitrogen and oxygen atoms in total. The number of aryl methyl sites for hydroxylation is 1. The Hall–Kier alpha value is -1.11. The number of aliphatic carboxylic acids is 1. The fraction of sp³-hybridized carbons (Fsp3) is 0.462. The first-order valence-corrected chi connectivity index (χ1v) is 7.92. The number of carboxylic acids is 1. The lowest BCUT2D eigenvalue weighted by Gasteiger charge is -2.25. The SMILES string of the molecule is Cc1cccc(S(=O)(=O)NC(C)(C)CCC(=O)O)c1Cl. The lowest BCUT2D eigenvalue weighted by molar-refractivity contribution is -0.137. The molecule has 0 spiro atoms. The minimum absolute atomic E-state index is 0.00238. The van der Waals surface area contributed by atoms with Crippen LogP contribution in [0.25, 0.3) is 0 Å². The average Bonchev–Trinajstić information content (AvgIpc) is 2.29. The van der Waals surface area contributed by atoms with Gasteiger partial charge in [0.05, 0.1) is 5.02 Å². The first-order valence-electron chi connectivity index (χ1n) is 6.06. The summed E-state index contributed by atoms with van der Waals surface area (Å²) >= 11 is 6.02. The molecule has 0 fully saturated rings. The molecule has 7 heteroatoms. The van der Waals surface area contributed by atoms with Crippen molar-refractivity contribution in [1.29, 1.82) is 0 Å². The van der Waals surface area contributed by atoms with Crippen molar-refractivity contribution in [3.8, 4) is 0 Å². The van der Waals surface area contributed by atoms with Crippen molar-refractivity contribution in [3.63, 3.8) is 0 Å². The van der Waals surface area contributed by atoms with E-state index in [1.54, 1.807) is 32.9 Å². The van der Waals surface area contributed by atoms with E-state index >= 15 is 0 Å². The lowest BCUT2D eigenvalue weighted by atomic mass is 10.0. The Labute approximate surface area is 124 Å². The second-order valence-electron chi connectivity index (χ2n) is 5.27. The maximum atomic E-state index is 12.3. The van der Waals surface area contributed by atoms with E-state index in [1.807, 2.05) is 0 Å². The monoisotopic (exact) mass is 319 g/mol. The number of carboxylic acid groups (broad SMARTS) is 1. The normalized spacial score (nSPS) is 12.4. The Morgan fingerprint density at radius 3 is 2.55 bits per heavy atom. The van der Waals surface area contributed by atoms with Crippen molar-refractivity contribution in [2.45, 2.75) is 44.0 Å². The summed E-state index contributed by atoms with van der Waals surface area (Å²) in [4.78, 5) is 10.6. The highest BCUT2D eigenvalue weighted by molar-refractivity contribution is 7.89. The number of sulfonamides is 1. The molecule has 20 heavy (non-hydrogen) atoms. The van der Waals surface area contributed by atoms with Crippen LogP contribution in [-0.4, -0.2) is 25.0 Å². The van der Waals surface area contributed by atoms with Gasteiger partial charge in [-0.05, 0) is 38.8 Å². The Bertz CT molecular complexity index is 611. The summed E-state index contributed by atoms with van der Waals surface area (Å²) in [7, 11) is -3.79. The van der Waals surface area contributed by atoms with Crippen LogP contribution in [0.2, 0.25) is 5.02 Å². The van der Waals surface area contributed by atoms with Crippen LogP contribution in [0.5, 0.6) is 0 Å². The maximum Gasteiger partial charge on any atom is 0.303 e. The molecular weight excluding hydrogens is 302 g/mol. The predicted octanol–water partition coefficient (Wildman–Crippen LogP) is 2.57. The van der Waals surface area contributed by atoms with Crippen molar-refractivity contribution < 1.29 is 18.3 Å². The molecule has 0 aromatic heterocycles. The smallest absolute Gasteiger partial charge is 0.303 e. The van der Waals surface area contributed by atoms with E-state index in [0.29, 0.717) is 5.56 Å². The van der Waals surface area contributed by atoms with Crippen molar-refractivity contribution in [2.24, 2.45) is 0 Å². The molecule has 0 bridgehead atoms. The third-order valence-electron chi connectivity index (χ3n) is 2.82. The molecule has 0 saturated heterocycles. The van der Waals surface area contributed by atoms with Crippen molar-refractivity contribution in [1.82, 2.24) is 4.72 Å². The third-order valence-corrected chi connectivity index (χ3v) is 5.17. The molecule has 0 aliphatic rings. The summed E-state index contributed by atoms with van der Waals surface area (Å²) in [5, 5.41) is 8.85. The predicted molar refractivity (Wildman–Crippen MR) is 77.5 cm³/mol. The minimum atomic E-state index is -3.79. The van der Waals surface area contributed by atoms with Gasteiger partial charge in [0, 0.05) is 12.0 Å². The summed E-state index contributed by atoms with van der Waals surface area (Å²) < 4.78 is 27.1. The van der Waals surface area contributed by atoms with Crippen LogP contribution in [0.15, 0.2) is 23.1 Å². The van der Waals surface area contributed by atoms with Gasteiger partial charge in [-0.15, -0.1) is 0 Å². The molecule has 0 radical (unpaired) electrons. The first-order chi connectivity index (χ1) is 9.05. The van der Waals surface area contributed by atoms with E-state index in [1.165, 1.54) is 6.07 Å². The van der Waals surface area contributed by atoms with Gasteiger partial charge in [0.1, 0.15) is 4.90 Å². The molecule has 0 atom stereocenters. The summed E-state index contributed by atoms with van der Waals surface area (Å²) in [5.74, 6) is -0.967. The number of halogens is 1. The number of carbonyl (C=O) groups is 1. The molecule has 0 heterocycles. The van der Waals surface area contributed by atoms with Gasteiger partial charge in [-0.1, -0.05) is 23.7 Å². The Morgan fingerprint density at radius 2 is 2.00 bits per heavy atom. The summed E-state index contributed by atoms with van der Waals surface area (Å²) in [6.45, 7) is 4.99. The van der Waals surface area contributed by atoms with Crippen molar-refractivity contribution in [3.05, 3.63) is 28.8 Å². The average molecular weight is 320 g/mol. The first kappa shape index (κ1) is 16.9. The van der Waals surface area contributed by atoms with E-state index in [9.17, 15) is 13.2 Å². The molecule has 2 N–H and O–H groups in total. The number of nitrogens with one attached hydrogen (secondary N) is 1. The Morgan fingerprint density at radius 1 is 1.40 bits per heavy atom. The largest absolute Gasteiger partial charge is 0.481 e. The molecular formula is C13H18ClNO4S. The van der Waals surface area contributed by atoms with Gasteiger partial charge in [0.2, 0.25) is 10.0 Å². The van der Waals surface area contributed by atoms with Crippen LogP contribution >= 0.6 is 11.6 Å². The van der Waals surface area contributed by atoms with Crippen LogP contribution in [0.1, 0.15) is 32.3 Å². The Kier molecular flexibility index (Phi) is 5.18. The Balaban J connectivity index is 3.00. The van der Waals surface area contributed by atoms with Crippen LogP contribution in [0.4, 0.5) is 0 Å². The van der Waals surface area contributed by atoms with Gasteiger partial charge in [-0.25, -0.2) is 13.1 Å². The van der Waals surface area contributed by atoms with Gasteiger partial charge in [0.25, 0.3) is 0 Å². The van der Waals surface area contributed by atoms with E-state index in [0.717, 1.165) is 0 Å². The highest BCUT2D eigenvalue weighted by Gasteiger charge is 2.28. The van der Waals surface area contributed by atoms with E-state index in [4.69, 9.17) is 16.7 Å². The van der Waals surface area contributed by atoms with Gasteiger partial charge < -0.3 is 5.11 Å². The zero-order valence-corrected chi connectivity index (χ0v) is 13.2. The standard InChI is InChI=1S/C13H18ClNO4S/c1-9-5-4-6-10(12(9)14)20(18,19)15-13(2,3)8-7-11(16)17/h4-6,15H,7-8H2,1-3H3,(H,16,17).